The standard InChI is InChI=1S/C17H16N2OS/c1-18(2)16(20)14-12-15(13-8-4-3-5-9-13)21-17(14)19-10-6-7-11-19/h3-12H,1-2H3. The minimum absolute atomic E-state index is 0.0251. The lowest BCUT2D eigenvalue weighted by atomic mass is 10.1. The molecule has 3 rings (SSSR count). The van der Waals surface area contributed by atoms with Gasteiger partial charge in [0.15, 0.2) is 0 Å². The van der Waals surface area contributed by atoms with Gasteiger partial charge in [-0.25, -0.2) is 0 Å². The smallest absolute Gasteiger partial charge is 0.256 e. The summed E-state index contributed by atoms with van der Waals surface area (Å²) in [6.07, 6.45) is 3.93. The van der Waals surface area contributed by atoms with Gasteiger partial charge in [0, 0.05) is 31.4 Å². The average molecular weight is 296 g/mol. The molecule has 0 aliphatic rings. The predicted octanol–water partition coefficient (Wildman–Crippen LogP) is 3.91. The fourth-order valence-electron chi connectivity index (χ4n) is 2.18. The van der Waals surface area contributed by atoms with Crippen molar-refractivity contribution in [1.29, 1.82) is 0 Å². The summed E-state index contributed by atoms with van der Waals surface area (Å²) in [5.74, 6) is 0.0251. The van der Waals surface area contributed by atoms with E-state index in [9.17, 15) is 4.79 Å². The van der Waals surface area contributed by atoms with E-state index in [1.54, 1.807) is 30.3 Å². The maximum atomic E-state index is 12.4. The normalized spacial score (nSPS) is 10.6. The van der Waals surface area contributed by atoms with Gasteiger partial charge in [0.05, 0.1) is 5.56 Å². The third kappa shape index (κ3) is 2.62. The SMILES string of the molecule is CN(C)C(=O)c1cc(-c2ccccc2)sc1-n1cccc1. The van der Waals surface area contributed by atoms with E-state index in [0.29, 0.717) is 0 Å². The molecule has 1 amide bonds. The first-order chi connectivity index (χ1) is 10.2. The highest BCUT2D eigenvalue weighted by Gasteiger charge is 2.19. The molecule has 2 heterocycles. The molecule has 4 heteroatoms. The van der Waals surface area contributed by atoms with Crippen LogP contribution in [-0.4, -0.2) is 29.5 Å². The van der Waals surface area contributed by atoms with E-state index in [2.05, 4.69) is 12.1 Å². The molecule has 0 radical (unpaired) electrons. The molecule has 0 unspecified atom stereocenters. The molecule has 0 saturated carbocycles. The van der Waals surface area contributed by atoms with Gasteiger partial charge in [0.1, 0.15) is 5.00 Å². The summed E-state index contributed by atoms with van der Waals surface area (Å²) in [5.41, 5.74) is 1.87. The van der Waals surface area contributed by atoms with Crippen LogP contribution in [0.25, 0.3) is 15.4 Å². The van der Waals surface area contributed by atoms with E-state index >= 15 is 0 Å². The molecule has 0 saturated heterocycles. The van der Waals surface area contributed by atoms with Crippen LogP contribution < -0.4 is 0 Å². The Bertz CT molecular complexity index is 742. The lowest BCUT2D eigenvalue weighted by Gasteiger charge is -2.10. The zero-order valence-corrected chi connectivity index (χ0v) is 12.8. The molecule has 3 aromatic rings. The van der Waals surface area contributed by atoms with Crippen molar-refractivity contribution in [3.05, 3.63) is 66.5 Å². The molecule has 0 fully saturated rings. The van der Waals surface area contributed by atoms with E-state index in [0.717, 1.165) is 21.0 Å². The molecule has 3 nitrogen and oxygen atoms in total. The second-order valence-corrected chi connectivity index (χ2v) is 6.02. The third-order valence-corrected chi connectivity index (χ3v) is 4.44. The summed E-state index contributed by atoms with van der Waals surface area (Å²) >= 11 is 1.63. The first-order valence-corrected chi connectivity index (χ1v) is 7.52. The van der Waals surface area contributed by atoms with Gasteiger partial charge < -0.3 is 9.47 Å². The minimum atomic E-state index is 0.0251. The first kappa shape index (κ1) is 13.6. The molecule has 0 N–H and O–H groups in total. The number of amides is 1. The van der Waals surface area contributed by atoms with Gasteiger partial charge in [-0.1, -0.05) is 30.3 Å². The van der Waals surface area contributed by atoms with Crippen LogP contribution >= 0.6 is 11.3 Å². The van der Waals surface area contributed by atoms with Crippen LogP contribution in [0.3, 0.4) is 0 Å². The van der Waals surface area contributed by atoms with Crippen LogP contribution in [0.5, 0.6) is 0 Å². The lowest BCUT2D eigenvalue weighted by Crippen LogP contribution is -2.22. The fraction of sp³-hybridized carbons (Fsp3) is 0.118. The number of carbonyl (C=O) groups is 1. The highest BCUT2D eigenvalue weighted by atomic mass is 32.1. The van der Waals surface area contributed by atoms with E-state index in [1.807, 2.05) is 53.4 Å². The Balaban J connectivity index is 2.14. The van der Waals surface area contributed by atoms with Crippen LogP contribution in [0.2, 0.25) is 0 Å². The van der Waals surface area contributed by atoms with Gasteiger partial charge in [-0.15, -0.1) is 11.3 Å². The maximum absolute atomic E-state index is 12.4. The molecular weight excluding hydrogens is 280 g/mol. The summed E-state index contributed by atoms with van der Waals surface area (Å²) in [6, 6.07) is 16.1. The Morgan fingerprint density at radius 3 is 2.33 bits per heavy atom. The highest BCUT2D eigenvalue weighted by molar-refractivity contribution is 7.18. The summed E-state index contributed by atoms with van der Waals surface area (Å²) in [5, 5.41) is 0.956. The Morgan fingerprint density at radius 1 is 1.05 bits per heavy atom. The molecule has 2 aromatic heterocycles. The van der Waals surface area contributed by atoms with Crippen molar-refractivity contribution in [3.63, 3.8) is 0 Å². The second kappa shape index (κ2) is 5.58. The van der Waals surface area contributed by atoms with Gasteiger partial charge in [-0.2, -0.15) is 0 Å². The van der Waals surface area contributed by atoms with Crippen molar-refractivity contribution in [1.82, 2.24) is 9.47 Å². The molecule has 0 aliphatic heterocycles. The van der Waals surface area contributed by atoms with E-state index < -0.39 is 0 Å². The quantitative estimate of drug-likeness (QED) is 0.719. The molecule has 1 aromatic carbocycles. The topological polar surface area (TPSA) is 25.2 Å². The molecule has 0 bridgehead atoms. The second-order valence-electron chi connectivity index (χ2n) is 4.99. The monoisotopic (exact) mass is 296 g/mol. The zero-order chi connectivity index (χ0) is 14.8. The third-order valence-electron chi connectivity index (χ3n) is 3.25. The molecule has 0 atom stereocenters. The zero-order valence-electron chi connectivity index (χ0n) is 12.0. The van der Waals surface area contributed by atoms with Crippen molar-refractivity contribution in [2.24, 2.45) is 0 Å². The van der Waals surface area contributed by atoms with Gasteiger partial charge in [0.2, 0.25) is 0 Å². The van der Waals surface area contributed by atoms with Crippen LogP contribution in [-0.2, 0) is 0 Å². The molecule has 21 heavy (non-hydrogen) atoms. The minimum Gasteiger partial charge on any atom is -0.345 e. The summed E-state index contributed by atoms with van der Waals surface area (Å²) in [7, 11) is 3.56. The molecular formula is C17H16N2OS. The van der Waals surface area contributed by atoms with Crippen LogP contribution in [0.4, 0.5) is 0 Å². The predicted molar refractivity (Wildman–Crippen MR) is 87.1 cm³/mol. The Hall–Kier alpha value is -2.33. The Kier molecular flexibility index (Phi) is 3.62. The van der Waals surface area contributed by atoms with Crippen LogP contribution in [0.15, 0.2) is 60.9 Å². The molecule has 106 valence electrons. The number of carbonyl (C=O) groups excluding carboxylic acids is 1. The maximum Gasteiger partial charge on any atom is 0.256 e. The number of aromatic nitrogens is 1. The molecule has 0 aliphatic carbocycles. The van der Waals surface area contributed by atoms with Gasteiger partial charge in [-0.05, 0) is 23.8 Å². The van der Waals surface area contributed by atoms with Crippen molar-refractivity contribution in [2.45, 2.75) is 0 Å². The largest absolute Gasteiger partial charge is 0.345 e. The van der Waals surface area contributed by atoms with Crippen LogP contribution in [0.1, 0.15) is 10.4 Å². The van der Waals surface area contributed by atoms with Crippen LogP contribution in [0, 0.1) is 0 Å². The number of hydrogen-bond acceptors (Lipinski definition) is 2. The lowest BCUT2D eigenvalue weighted by molar-refractivity contribution is 0.0828. The number of thiophene rings is 1. The summed E-state index contributed by atoms with van der Waals surface area (Å²) in [6.45, 7) is 0. The van der Waals surface area contributed by atoms with Crippen molar-refractivity contribution < 1.29 is 4.79 Å². The average Bonchev–Trinajstić information content (AvgIpc) is 3.16. The van der Waals surface area contributed by atoms with E-state index in [4.69, 9.17) is 0 Å². The molecule has 0 spiro atoms. The van der Waals surface area contributed by atoms with E-state index in [1.165, 1.54) is 0 Å². The Morgan fingerprint density at radius 2 is 1.71 bits per heavy atom. The first-order valence-electron chi connectivity index (χ1n) is 6.71. The fourth-order valence-corrected chi connectivity index (χ4v) is 3.30. The van der Waals surface area contributed by atoms with E-state index in [-0.39, 0.29) is 5.91 Å². The number of rotatable bonds is 3. The van der Waals surface area contributed by atoms with Gasteiger partial charge >= 0.3 is 0 Å². The van der Waals surface area contributed by atoms with Gasteiger partial charge in [0.25, 0.3) is 5.91 Å². The van der Waals surface area contributed by atoms with Crippen molar-refractivity contribution >= 4 is 17.2 Å². The number of hydrogen-bond donors (Lipinski definition) is 0. The summed E-state index contributed by atoms with van der Waals surface area (Å²) < 4.78 is 1.99. The Labute approximate surface area is 128 Å². The van der Waals surface area contributed by atoms with Crippen molar-refractivity contribution in [3.8, 4) is 15.4 Å². The summed E-state index contributed by atoms with van der Waals surface area (Å²) in [4.78, 5) is 15.1. The highest BCUT2D eigenvalue weighted by Crippen LogP contribution is 2.34. The number of benzene rings is 1. The van der Waals surface area contributed by atoms with Gasteiger partial charge in [-0.3, -0.25) is 4.79 Å². The number of nitrogens with zero attached hydrogens (tertiary/aromatic N) is 2. The van der Waals surface area contributed by atoms with Crippen molar-refractivity contribution in [2.75, 3.05) is 14.1 Å².